The van der Waals surface area contributed by atoms with Crippen LogP contribution in [0.15, 0.2) is 84.9 Å². The van der Waals surface area contributed by atoms with Gasteiger partial charge < -0.3 is 19.5 Å². The number of ether oxygens (including phenoxy) is 3. The lowest BCUT2D eigenvalue weighted by molar-refractivity contribution is 0.0323. The molecule has 0 bridgehead atoms. The first-order valence-corrected chi connectivity index (χ1v) is 12.8. The zero-order valence-corrected chi connectivity index (χ0v) is 21.1. The molecule has 190 valence electrons. The molecule has 1 fully saturated rings. The molecule has 37 heavy (non-hydrogen) atoms. The molecule has 1 heterocycles. The molecule has 0 saturated carbocycles. The van der Waals surface area contributed by atoms with E-state index in [2.05, 4.69) is 10.2 Å². The summed E-state index contributed by atoms with van der Waals surface area (Å²) in [6.45, 7) is 7.50. The number of carbonyl (C=O) groups excluding carboxylic acids is 1. The van der Waals surface area contributed by atoms with Crippen LogP contribution in [0.3, 0.4) is 0 Å². The second kappa shape index (κ2) is 11.9. The fraction of sp³-hybridized carbons (Fsp3) is 0.258. The Kier molecular flexibility index (Phi) is 7.99. The zero-order chi connectivity index (χ0) is 25.5. The van der Waals surface area contributed by atoms with Crippen molar-refractivity contribution in [3.63, 3.8) is 0 Å². The molecule has 1 aliphatic rings. The second-order valence-electron chi connectivity index (χ2n) is 8.95. The highest BCUT2D eigenvalue weighted by atomic mass is 16.5. The number of anilines is 1. The van der Waals surface area contributed by atoms with Gasteiger partial charge in [0.15, 0.2) is 0 Å². The summed E-state index contributed by atoms with van der Waals surface area (Å²) in [5.74, 6) is 1.50. The molecule has 0 aromatic heterocycles. The first kappa shape index (κ1) is 24.8. The van der Waals surface area contributed by atoms with Gasteiger partial charge in [-0.15, -0.1) is 0 Å². The van der Waals surface area contributed by atoms with E-state index in [1.807, 2.05) is 91.9 Å². The van der Waals surface area contributed by atoms with Crippen LogP contribution in [0.4, 0.5) is 5.69 Å². The number of amides is 1. The summed E-state index contributed by atoms with van der Waals surface area (Å²) in [6.07, 6.45) is 0. The third kappa shape index (κ3) is 6.10. The van der Waals surface area contributed by atoms with Gasteiger partial charge in [-0.25, -0.2) is 0 Å². The maximum Gasteiger partial charge on any atom is 0.255 e. The van der Waals surface area contributed by atoms with Crippen molar-refractivity contribution in [1.29, 1.82) is 0 Å². The van der Waals surface area contributed by atoms with Crippen LogP contribution >= 0.6 is 0 Å². The second-order valence-corrected chi connectivity index (χ2v) is 8.95. The van der Waals surface area contributed by atoms with Crippen LogP contribution < -0.4 is 14.8 Å². The van der Waals surface area contributed by atoms with Crippen molar-refractivity contribution >= 4 is 22.4 Å². The fourth-order valence-corrected chi connectivity index (χ4v) is 4.56. The van der Waals surface area contributed by atoms with Crippen LogP contribution in [-0.2, 0) is 4.74 Å². The Bertz CT molecular complexity index is 1350. The fourth-order valence-electron chi connectivity index (χ4n) is 4.56. The van der Waals surface area contributed by atoms with E-state index in [9.17, 15) is 4.79 Å². The van der Waals surface area contributed by atoms with E-state index in [0.29, 0.717) is 18.8 Å². The number of morpholine rings is 1. The van der Waals surface area contributed by atoms with E-state index in [1.54, 1.807) is 0 Å². The number of carbonyl (C=O) groups is 1. The van der Waals surface area contributed by atoms with E-state index in [0.717, 1.165) is 71.9 Å². The molecule has 6 heteroatoms. The van der Waals surface area contributed by atoms with Crippen molar-refractivity contribution in [2.75, 3.05) is 51.4 Å². The Hall–Kier alpha value is -3.87. The van der Waals surface area contributed by atoms with Gasteiger partial charge in [0.05, 0.1) is 19.8 Å². The number of nitrogens with zero attached hydrogens (tertiary/aromatic N) is 1. The first-order valence-electron chi connectivity index (χ1n) is 12.8. The molecule has 0 radical (unpaired) electrons. The Labute approximate surface area is 217 Å². The Morgan fingerprint density at radius 3 is 2.43 bits per heavy atom. The topological polar surface area (TPSA) is 60.0 Å². The number of benzene rings is 4. The van der Waals surface area contributed by atoms with Gasteiger partial charge in [0.2, 0.25) is 0 Å². The molecule has 1 amide bonds. The maximum absolute atomic E-state index is 13.2. The van der Waals surface area contributed by atoms with Gasteiger partial charge in [-0.2, -0.15) is 0 Å². The molecule has 0 atom stereocenters. The lowest BCUT2D eigenvalue weighted by atomic mass is 10.0. The van der Waals surface area contributed by atoms with Crippen LogP contribution in [0, 0.1) is 0 Å². The molecule has 5 rings (SSSR count). The smallest absolute Gasteiger partial charge is 0.255 e. The van der Waals surface area contributed by atoms with Crippen LogP contribution in [0.5, 0.6) is 11.5 Å². The van der Waals surface area contributed by atoms with Crippen LogP contribution in [0.2, 0.25) is 0 Å². The third-order valence-corrected chi connectivity index (χ3v) is 6.52. The highest BCUT2D eigenvalue weighted by Gasteiger charge is 2.14. The van der Waals surface area contributed by atoms with Crippen LogP contribution in [0.1, 0.15) is 17.3 Å². The summed E-state index contributed by atoms with van der Waals surface area (Å²) < 4.78 is 17.1. The van der Waals surface area contributed by atoms with Crippen molar-refractivity contribution in [1.82, 2.24) is 4.90 Å². The van der Waals surface area contributed by atoms with Gasteiger partial charge in [0.1, 0.15) is 18.1 Å². The monoisotopic (exact) mass is 496 g/mol. The number of hydrogen-bond donors (Lipinski definition) is 1. The third-order valence-electron chi connectivity index (χ3n) is 6.52. The summed E-state index contributed by atoms with van der Waals surface area (Å²) >= 11 is 0. The quantitative estimate of drug-likeness (QED) is 0.314. The molecule has 0 spiro atoms. The zero-order valence-electron chi connectivity index (χ0n) is 21.1. The van der Waals surface area contributed by atoms with Gasteiger partial charge in [-0.3, -0.25) is 9.69 Å². The van der Waals surface area contributed by atoms with E-state index < -0.39 is 0 Å². The molecule has 1 saturated heterocycles. The highest BCUT2D eigenvalue weighted by molar-refractivity contribution is 6.10. The Morgan fingerprint density at radius 1 is 0.865 bits per heavy atom. The minimum absolute atomic E-state index is 0.154. The molecule has 1 aliphatic heterocycles. The molecular weight excluding hydrogens is 464 g/mol. The number of nitrogens with one attached hydrogen (secondary N) is 1. The minimum Gasteiger partial charge on any atom is -0.494 e. The summed E-state index contributed by atoms with van der Waals surface area (Å²) in [7, 11) is 0. The van der Waals surface area contributed by atoms with E-state index in [4.69, 9.17) is 14.2 Å². The van der Waals surface area contributed by atoms with Gasteiger partial charge in [0, 0.05) is 41.7 Å². The van der Waals surface area contributed by atoms with Crippen LogP contribution in [-0.4, -0.2) is 56.9 Å². The number of fused-ring (bicyclic) bond motifs is 1. The van der Waals surface area contributed by atoms with Gasteiger partial charge >= 0.3 is 0 Å². The Balaban J connectivity index is 1.30. The van der Waals surface area contributed by atoms with Crippen molar-refractivity contribution in [2.45, 2.75) is 6.92 Å². The lowest BCUT2D eigenvalue weighted by Crippen LogP contribution is -2.38. The SMILES string of the molecule is CCOc1ccc(-c2cccc(C(=O)Nc3ccc(OCCN4CCOCC4)c4ccccc34)c2)cc1. The van der Waals surface area contributed by atoms with Gasteiger partial charge in [-0.05, 0) is 54.4 Å². The summed E-state index contributed by atoms with van der Waals surface area (Å²) in [5.41, 5.74) is 3.36. The standard InChI is InChI=1S/C31H32N2O4/c1-2-36-26-12-10-23(11-13-26)24-6-5-7-25(22-24)31(34)32-29-14-15-30(28-9-4-3-8-27(28)29)37-21-18-33-16-19-35-20-17-33/h3-15,22H,2,16-21H2,1H3,(H,32,34). The van der Waals surface area contributed by atoms with Crippen molar-refractivity contribution in [3.8, 4) is 22.6 Å². The predicted octanol–water partition coefficient (Wildman–Crippen LogP) is 5.87. The van der Waals surface area contributed by atoms with Gasteiger partial charge in [-0.1, -0.05) is 48.5 Å². The molecule has 0 aliphatic carbocycles. The summed E-state index contributed by atoms with van der Waals surface area (Å²) in [6, 6.07) is 27.4. The first-order chi connectivity index (χ1) is 18.2. The van der Waals surface area contributed by atoms with Crippen molar-refractivity contribution in [3.05, 3.63) is 90.5 Å². The number of rotatable bonds is 9. The normalized spacial score (nSPS) is 13.9. The average Bonchev–Trinajstić information content (AvgIpc) is 2.95. The van der Waals surface area contributed by atoms with Crippen LogP contribution in [0.25, 0.3) is 21.9 Å². The maximum atomic E-state index is 13.2. The highest BCUT2D eigenvalue weighted by Crippen LogP contribution is 2.32. The lowest BCUT2D eigenvalue weighted by Gasteiger charge is -2.26. The Morgan fingerprint density at radius 2 is 1.65 bits per heavy atom. The molecule has 4 aromatic rings. The predicted molar refractivity (Wildman–Crippen MR) is 148 cm³/mol. The average molecular weight is 497 g/mol. The van der Waals surface area contributed by atoms with Crippen molar-refractivity contribution < 1.29 is 19.0 Å². The summed E-state index contributed by atoms with van der Waals surface area (Å²) in [5, 5.41) is 5.03. The molecule has 6 nitrogen and oxygen atoms in total. The van der Waals surface area contributed by atoms with Crippen molar-refractivity contribution in [2.24, 2.45) is 0 Å². The van der Waals surface area contributed by atoms with Gasteiger partial charge in [0.25, 0.3) is 5.91 Å². The van der Waals surface area contributed by atoms with E-state index >= 15 is 0 Å². The minimum atomic E-state index is -0.154. The largest absolute Gasteiger partial charge is 0.494 e. The summed E-state index contributed by atoms with van der Waals surface area (Å²) in [4.78, 5) is 15.6. The molecule has 0 unspecified atom stereocenters. The van der Waals surface area contributed by atoms with E-state index in [1.165, 1.54) is 0 Å². The molecule has 4 aromatic carbocycles. The molecular formula is C31H32N2O4. The molecule has 1 N–H and O–H groups in total. The van der Waals surface area contributed by atoms with E-state index in [-0.39, 0.29) is 5.91 Å². The number of hydrogen-bond acceptors (Lipinski definition) is 5.